The van der Waals surface area contributed by atoms with Gasteiger partial charge in [-0.1, -0.05) is 0 Å². The van der Waals surface area contributed by atoms with Gasteiger partial charge in [0.05, 0.1) is 4.90 Å². The highest BCUT2D eigenvalue weighted by molar-refractivity contribution is 7.85. The number of hydrogen-bond donors (Lipinski definition) is 2. The Hall–Kier alpha value is -0.980. The lowest BCUT2D eigenvalue weighted by Gasteiger charge is -2.01. The third-order valence-electron chi connectivity index (χ3n) is 1.29. The molecule has 1 aromatic carbocycles. The average Bonchev–Trinajstić information content (AvgIpc) is 2.01. The standard InChI is InChI=1S/C6H6ClNO4S/c7-12-5-1-4(8)2-6(3-5)13(9,10)11/h1-3H,8H2,(H,9,10,11). The number of nitrogen functional groups attached to an aromatic ring is 1. The molecule has 1 aromatic rings. The zero-order valence-corrected chi connectivity index (χ0v) is 7.84. The van der Waals surface area contributed by atoms with Gasteiger partial charge in [0.2, 0.25) is 0 Å². The first-order chi connectivity index (χ1) is 5.93. The predicted octanol–water partition coefficient (Wildman–Crippen LogP) is 1.05. The van der Waals surface area contributed by atoms with Gasteiger partial charge in [0.25, 0.3) is 10.1 Å². The molecule has 0 aliphatic carbocycles. The molecule has 0 atom stereocenters. The van der Waals surface area contributed by atoms with Gasteiger partial charge >= 0.3 is 0 Å². The van der Waals surface area contributed by atoms with Crippen molar-refractivity contribution >= 4 is 27.7 Å². The molecule has 5 nitrogen and oxygen atoms in total. The van der Waals surface area contributed by atoms with E-state index in [0.29, 0.717) is 0 Å². The molecule has 0 radical (unpaired) electrons. The topological polar surface area (TPSA) is 89.6 Å². The normalized spacial score (nSPS) is 11.2. The maximum absolute atomic E-state index is 10.7. The van der Waals surface area contributed by atoms with E-state index in [9.17, 15) is 8.42 Å². The zero-order chi connectivity index (χ0) is 10.1. The summed E-state index contributed by atoms with van der Waals surface area (Å²) >= 11 is 4.99. The van der Waals surface area contributed by atoms with Crippen LogP contribution in [0.2, 0.25) is 0 Å². The second kappa shape index (κ2) is 3.41. The van der Waals surface area contributed by atoms with Gasteiger partial charge in [0.15, 0.2) is 0 Å². The summed E-state index contributed by atoms with van der Waals surface area (Å²) in [6, 6.07) is 3.47. The molecule has 0 aromatic heterocycles. The highest BCUT2D eigenvalue weighted by Gasteiger charge is 2.11. The van der Waals surface area contributed by atoms with Crippen LogP contribution in [0.5, 0.6) is 5.75 Å². The Bertz CT molecular complexity index is 417. The molecule has 0 saturated carbocycles. The molecule has 0 aliphatic rings. The third-order valence-corrected chi connectivity index (χ3v) is 2.30. The van der Waals surface area contributed by atoms with Crippen molar-refractivity contribution in [3.05, 3.63) is 18.2 Å². The van der Waals surface area contributed by atoms with Gasteiger partial charge in [-0.25, -0.2) is 0 Å². The minimum absolute atomic E-state index is 0.0503. The second-order valence-electron chi connectivity index (χ2n) is 2.29. The number of anilines is 1. The molecular formula is C6H6ClNO4S. The maximum Gasteiger partial charge on any atom is 0.294 e. The minimum atomic E-state index is -4.28. The van der Waals surface area contributed by atoms with Gasteiger partial charge < -0.3 is 10.0 Å². The molecule has 3 N–H and O–H groups in total. The molecule has 72 valence electrons. The molecule has 13 heavy (non-hydrogen) atoms. The van der Waals surface area contributed by atoms with Crippen molar-refractivity contribution < 1.29 is 17.3 Å². The van der Waals surface area contributed by atoms with Crippen molar-refractivity contribution in [2.75, 3.05) is 5.73 Å². The fourth-order valence-corrected chi connectivity index (χ4v) is 1.43. The first kappa shape index (κ1) is 10.1. The molecule has 0 unspecified atom stereocenters. The SMILES string of the molecule is Nc1cc(OCl)cc(S(=O)(=O)O)c1. The van der Waals surface area contributed by atoms with Gasteiger partial charge in [-0.05, 0) is 6.07 Å². The van der Waals surface area contributed by atoms with Crippen LogP contribution in [0.25, 0.3) is 0 Å². The zero-order valence-electron chi connectivity index (χ0n) is 6.27. The first-order valence-corrected chi connectivity index (χ1v) is 4.85. The number of rotatable bonds is 2. The van der Waals surface area contributed by atoms with E-state index in [1.165, 1.54) is 6.07 Å². The van der Waals surface area contributed by atoms with Gasteiger partial charge in [0, 0.05) is 17.8 Å². The number of halogens is 1. The highest BCUT2D eigenvalue weighted by atomic mass is 35.5. The maximum atomic E-state index is 10.7. The summed E-state index contributed by atoms with van der Waals surface area (Å²) in [4.78, 5) is -0.358. The predicted molar refractivity (Wildman–Crippen MR) is 47.2 cm³/mol. The van der Waals surface area contributed by atoms with Crippen molar-refractivity contribution in [3.8, 4) is 5.75 Å². The van der Waals surface area contributed by atoms with Gasteiger partial charge in [0.1, 0.15) is 17.6 Å². The van der Waals surface area contributed by atoms with Gasteiger partial charge in [-0.2, -0.15) is 8.42 Å². The summed E-state index contributed by atoms with van der Waals surface area (Å²) < 4.78 is 34.2. The summed E-state index contributed by atoms with van der Waals surface area (Å²) in [6.45, 7) is 0. The van der Waals surface area contributed by atoms with E-state index < -0.39 is 10.1 Å². The molecule has 1 rings (SSSR count). The van der Waals surface area contributed by atoms with Crippen LogP contribution in [0.15, 0.2) is 23.1 Å². The van der Waals surface area contributed by atoms with Crippen LogP contribution in [0.3, 0.4) is 0 Å². The highest BCUT2D eigenvalue weighted by Crippen LogP contribution is 2.22. The van der Waals surface area contributed by atoms with Crippen molar-refractivity contribution in [2.45, 2.75) is 4.90 Å². The van der Waals surface area contributed by atoms with E-state index in [1.54, 1.807) is 0 Å². The van der Waals surface area contributed by atoms with Crippen LogP contribution in [-0.2, 0) is 10.1 Å². The Morgan fingerprint density at radius 1 is 1.38 bits per heavy atom. The number of benzene rings is 1. The lowest BCUT2D eigenvalue weighted by atomic mass is 10.3. The van der Waals surface area contributed by atoms with E-state index in [0.717, 1.165) is 12.1 Å². The molecule has 0 fully saturated rings. The minimum Gasteiger partial charge on any atom is -0.399 e. The van der Waals surface area contributed by atoms with Crippen molar-refractivity contribution in [1.29, 1.82) is 0 Å². The monoisotopic (exact) mass is 223 g/mol. The summed E-state index contributed by atoms with van der Waals surface area (Å²) in [7, 11) is -4.28. The molecule has 0 heterocycles. The molecule has 0 aliphatic heterocycles. The van der Waals surface area contributed by atoms with Crippen LogP contribution in [0, 0.1) is 0 Å². The quantitative estimate of drug-likeness (QED) is 0.578. The third kappa shape index (κ3) is 2.48. The van der Waals surface area contributed by atoms with Crippen molar-refractivity contribution in [3.63, 3.8) is 0 Å². The Labute approximate surface area is 80.0 Å². The molecular weight excluding hydrogens is 218 g/mol. The fourth-order valence-electron chi connectivity index (χ4n) is 0.787. The van der Waals surface area contributed by atoms with Crippen LogP contribution >= 0.6 is 11.9 Å². The summed E-state index contributed by atoms with van der Waals surface area (Å²) in [6.07, 6.45) is 0. The average molecular weight is 224 g/mol. The van der Waals surface area contributed by atoms with Crippen molar-refractivity contribution in [1.82, 2.24) is 0 Å². The Morgan fingerprint density at radius 2 is 2.00 bits per heavy atom. The van der Waals surface area contributed by atoms with E-state index in [1.807, 2.05) is 0 Å². The molecule has 0 amide bonds. The van der Waals surface area contributed by atoms with Crippen LogP contribution in [0.4, 0.5) is 5.69 Å². The fraction of sp³-hybridized carbons (Fsp3) is 0. The summed E-state index contributed by atoms with van der Waals surface area (Å²) in [5.41, 5.74) is 5.45. The Morgan fingerprint density at radius 3 is 2.46 bits per heavy atom. The second-order valence-corrected chi connectivity index (χ2v) is 3.87. The molecule has 0 bridgehead atoms. The first-order valence-electron chi connectivity index (χ1n) is 3.10. The lowest BCUT2D eigenvalue weighted by molar-refractivity contribution is 0.482. The van der Waals surface area contributed by atoms with E-state index in [2.05, 4.69) is 4.29 Å². The number of hydrogen-bond acceptors (Lipinski definition) is 4. The Balaban J connectivity index is 3.33. The van der Waals surface area contributed by atoms with E-state index in [-0.39, 0.29) is 16.3 Å². The smallest absolute Gasteiger partial charge is 0.294 e. The molecule has 7 heteroatoms. The summed E-state index contributed by atoms with van der Waals surface area (Å²) in [5.74, 6) is 0.0503. The van der Waals surface area contributed by atoms with E-state index >= 15 is 0 Å². The van der Waals surface area contributed by atoms with Crippen molar-refractivity contribution in [2.24, 2.45) is 0 Å². The van der Waals surface area contributed by atoms with Gasteiger partial charge in [-0.15, -0.1) is 0 Å². The number of nitrogens with two attached hydrogens (primary N) is 1. The molecule has 0 spiro atoms. The Kier molecular flexibility index (Phi) is 2.65. The van der Waals surface area contributed by atoms with Crippen LogP contribution in [-0.4, -0.2) is 13.0 Å². The summed E-state index contributed by atoms with van der Waals surface area (Å²) in [5, 5.41) is 0. The molecule has 0 saturated heterocycles. The van der Waals surface area contributed by atoms with Crippen LogP contribution in [0.1, 0.15) is 0 Å². The largest absolute Gasteiger partial charge is 0.399 e. The van der Waals surface area contributed by atoms with Gasteiger partial charge in [-0.3, -0.25) is 4.55 Å². The van der Waals surface area contributed by atoms with Crippen LogP contribution < -0.4 is 10.0 Å². The van der Waals surface area contributed by atoms with E-state index in [4.69, 9.17) is 22.2 Å². The lowest BCUT2D eigenvalue weighted by Crippen LogP contribution is -1.99.